The van der Waals surface area contributed by atoms with Crippen LogP contribution in [-0.4, -0.2) is 29.4 Å². The second-order valence-corrected chi connectivity index (χ2v) is 5.59. The number of aryl methyl sites for hydroxylation is 1. The van der Waals surface area contributed by atoms with Crippen molar-refractivity contribution in [2.24, 2.45) is 0 Å². The van der Waals surface area contributed by atoms with Crippen molar-refractivity contribution >= 4 is 11.6 Å². The lowest BCUT2D eigenvalue weighted by molar-refractivity contribution is -0.115. The van der Waals surface area contributed by atoms with Gasteiger partial charge < -0.3 is 10.1 Å². The number of nitrogens with one attached hydrogen (secondary N) is 1. The summed E-state index contributed by atoms with van der Waals surface area (Å²) >= 11 is 0. The van der Waals surface area contributed by atoms with Crippen LogP contribution in [0.5, 0.6) is 0 Å². The van der Waals surface area contributed by atoms with Crippen molar-refractivity contribution in [2.75, 3.05) is 19.0 Å². The predicted octanol–water partition coefficient (Wildman–Crippen LogP) is 2.98. The molecule has 1 aliphatic carbocycles. The first-order valence-electron chi connectivity index (χ1n) is 7.62. The van der Waals surface area contributed by atoms with Gasteiger partial charge in [0.2, 0.25) is 5.91 Å². The Hall–Kier alpha value is -1.62. The molecule has 0 aromatic carbocycles. The number of nitrogens with zero attached hydrogens (tertiary/aromatic N) is 2. The van der Waals surface area contributed by atoms with Gasteiger partial charge in [-0.1, -0.05) is 11.6 Å². The van der Waals surface area contributed by atoms with Crippen LogP contribution in [0.25, 0.3) is 0 Å². The summed E-state index contributed by atoms with van der Waals surface area (Å²) in [5, 5.41) is 7.47. The molecule has 0 saturated carbocycles. The van der Waals surface area contributed by atoms with Crippen LogP contribution in [0.3, 0.4) is 0 Å². The first-order valence-corrected chi connectivity index (χ1v) is 7.62. The molecule has 116 valence electrons. The van der Waals surface area contributed by atoms with Gasteiger partial charge in [-0.15, -0.1) is 0 Å². The molecule has 5 heteroatoms. The average Bonchev–Trinajstić information content (AvgIpc) is 2.73. The Morgan fingerprint density at radius 3 is 2.90 bits per heavy atom. The number of methoxy groups -OCH3 is 1. The van der Waals surface area contributed by atoms with Gasteiger partial charge in [-0.2, -0.15) is 5.10 Å². The number of aromatic nitrogens is 2. The van der Waals surface area contributed by atoms with Gasteiger partial charge in [0.15, 0.2) is 0 Å². The van der Waals surface area contributed by atoms with Crippen LogP contribution in [0.4, 0.5) is 5.69 Å². The van der Waals surface area contributed by atoms with Crippen LogP contribution < -0.4 is 5.32 Å². The first-order chi connectivity index (χ1) is 10.1. The van der Waals surface area contributed by atoms with Gasteiger partial charge in [0.25, 0.3) is 0 Å². The lowest BCUT2D eigenvalue weighted by atomic mass is 9.97. The summed E-state index contributed by atoms with van der Waals surface area (Å²) in [5.41, 5.74) is 3.94. The quantitative estimate of drug-likeness (QED) is 0.820. The summed E-state index contributed by atoms with van der Waals surface area (Å²) in [6, 6.07) is 0. The summed E-state index contributed by atoms with van der Waals surface area (Å²) in [7, 11) is 1.67. The third-order valence-electron chi connectivity index (χ3n) is 3.93. The fourth-order valence-electron chi connectivity index (χ4n) is 2.73. The molecule has 1 aromatic heterocycles. The Labute approximate surface area is 126 Å². The standard InChI is InChI=1S/C16H25N3O2/c1-12-16(13(2)19(18-12)9-10-21-3)17-15(20)11-14-7-5-4-6-8-14/h7H,4-6,8-11H2,1-3H3,(H,17,20). The van der Waals surface area contributed by atoms with Crippen molar-refractivity contribution in [3.05, 3.63) is 23.0 Å². The van der Waals surface area contributed by atoms with Crippen LogP contribution in [-0.2, 0) is 16.1 Å². The molecular weight excluding hydrogens is 266 g/mol. The smallest absolute Gasteiger partial charge is 0.228 e. The molecule has 1 aliphatic rings. The van der Waals surface area contributed by atoms with Crippen LogP contribution >= 0.6 is 0 Å². The monoisotopic (exact) mass is 291 g/mol. The summed E-state index contributed by atoms with van der Waals surface area (Å²) in [6.45, 7) is 5.21. The SMILES string of the molecule is COCCn1nc(C)c(NC(=O)CC2=CCCCC2)c1C. The minimum absolute atomic E-state index is 0.0561. The number of rotatable bonds is 6. The number of carbonyl (C=O) groups is 1. The van der Waals surface area contributed by atoms with E-state index >= 15 is 0 Å². The molecule has 0 radical (unpaired) electrons. The van der Waals surface area contributed by atoms with Gasteiger partial charge in [0.05, 0.1) is 30.2 Å². The Kier molecular flexibility index (Phi) is 5.56. The lowest BCUT2D eigenvalue weighted by Crippen LogP contribution is -2.14. The van der Waals surface area contributed by atoms with Crippen LogP contribution in [0, 0.1) is 13.8 Å². The molecular formula is C16H25N3O2. The van der Waals surface area contributed by atoms with Crippen molar-refractivity contribution in [3.8, 4) is 0 Å². The topological polar surface area (TPSA) is 56.1 Å². The zero-order valence-corrected chi connectivity index (χ0v) is 13.2. The molecule has 1 N–H and O–H groups in total. The summed E-state index contributed by atoms with van der Waals surface area (Å²) in [6.07, 6.45) is 7.32. The van der Waals surface area contributed by atoms with E-state index in [-0.39, 0.29) is 5.91 Å². The fraction of sp³-hybridized carbons (Fsp3) is 0.625. The van der Waals surface area contributed by atoms with Crippen molar-refractivity contribution in [2.45, 2.75) is 52.5 Å². The van der Waals surface area contributed by atoms with E-state index in [0.717, 1.165) is 29.9 Å². The van der Waals surface area contributed by atoms with Crippen LogP contribution in [0.2, 0.25) is 0 Å². The molecule has 1 amide bonds. The van der Waals surface area contributed by atoms with E-state index in [2.05, 4.69) is 16.5 Å². The highest BCUT2D eigenvalue weighted by atomic mass is 16.5. The van der Waals surface area contributed by atoms with E-state index in [0.29, 0.717) is 19.6 Å². The fourth-order valence-corrected chi connectivity index (χ4v) is 2.73. The van der Waals surface area contributed by atoms with Gasteiger partial charge in [-0.05, 0) is 39.5 Å². The van der Waals surface area contributed by atoms with E-state index < -0.39 is 0 Å². The molecule has 1 heterocycles. The molecule has 0 saturated heterocycles. The molecule has 0 aliphatic heterocycles. The third kappa shape index (κ3) is 4.17. The van der Waals surface area contributed by atoms with E-state index in [1.165, 1.54) is 18.4 Å². The molecule has 5 nitrogen and oxygen atoms in total. The largest absolute Gasteiger partial charge is 0.383 e. The minimum Gasteiger partial charge on any atom is -0.383 e. The molecule has 2 rings (SSSR count). The number of allylic oxidation sites excluding steroid dienone is 1. The number of anilines is 1. The summed E-state index contributed by atoms with van der Waals surface area (Å²) in [5.74, 6) is 0.0561. The molecule has 0 unspecified atom stereocenters. The van der Waals surface area contributed by atoms with Gasteiger partial charge in [-0.3, -0.25) is 9.48 Å². The average molecular weight is 291 g/mol. The molecule has 1 aromatic rings. The van der Waals surface area contributed by atoms with E-state index in [1.807, 2.05) is 18.5 Å². The highest BCUT2D eigenvalue weighted by Gasteiger charge is 2.15. The van der Waals surface area contributed by atoms with Gasteiger partial charge in [-0.25, -0.2) is 0 Å². The van der Waals surface area contributed by atoms with Crippen molar-refractivity contribution in [1.82, 2.24) is 9.78 Å². The lowest BCUT2D eigenvalue weighted by Gasteiger charge is -2.12. The summed E-state index contributed by atoms with van der Waals surface area (Å²) in [4.78, 5) is 12.2. The van der Waals surface area contributed by atoms with Crippen molar-refractivity contribution in [1.29, 1.82) is 0 Å². The number of amides is 1. The maximum Gasteiger partial charge on any atom is 0.228 e. The van der Waals surface area contributed by atoms with Crippen molar-refractivity contribution in [3.63, 3.8) is 0 Å². The van der Waals surface area contributed by atoms with Gasteiger partial charge >= 0.3 is 0 Å². The molecule has 0 bridgehead atoms. The normalized spacial score (nSPS) is 14.9. The Morgan fingerprint density at radius 1 is 1.43 bits per heavy atom. The highest BCUT2D eigenvalue weighted by Crippen LogP contribution is 2.23. The Balaban J connectivity index is 1.99. The third-order valence-corrected chi connectivity index (χ3v) is 3.93. The van der Waals surface area contributed by atoms with Gasteiger partial charge in [0.1, 0.15) is 0 Å². The predicted molar refractivity (Wildman–Crippen MR) is 83.4 cm³/mol. The van der Waals surface area contributed by atoms with E-state index in [4.69, 9.17) is 4.74 Å². The molecule has 0 atom stereocenters. The first kappa shape index (κ1) is 15.8. The van der Waals surface area contributed by atoms with Gasteiger partial charge in [0, 0.05) is 13.5 Å². The second-order valence-electron chi connectivity index (χ2n) is 5.59. The molecule has 21 heavy (non-hydrogen) atoms. The zero-order valence-electron chi connectivity index (χ0n) is 13.2. The highest BCUT2D eigenvalue weighted by molar-refractivity contribution is 5.93. The molecule has 0 fully saturated rings. The van der Waals surface area contributed by atoms with E-state index in [9.17, 15) is 4.79 Å². The van der Waals surface area contributed by atoms with E-state index in [1.54, 1.807) is 7.11 Å². The number of carbonyl (C=O) groups excluding carboxylic acids is 1. The zero-order chi connectivity index (χ0) is 15.2. The molecule has 0 spiro atoms. The van der Waals surface area contributed by atoms with Crippen LogP contribution in [0.15, 0.2) is 11.6 Å². The number of hydrogen-bond acceptors (Lipinski definition) is 3. The Morgan fingerprint density at radius 2 is 2.24 bits per heavy atom. The maximum absolute atomic E-state index is 12.2. The number of hydrogen-bond donors (Lipinski definition) is 1. The second kappa shape index (κ2) is 7.41. The minimum atomic E-state index is 0.0561. The van der Waals surface area contributed by atoms with Crippen LogP contribution in [0.1, 0.15) is 43.5 Å². The maximum atomic E-state index is 12.2. The van der Waals surface area contributed by atoms with Crippen molar-refractivity contribution < 1.29 is 9.53 Å². The Bertz CT molecular complexity index is 532. The number of ether oxygens (including phenoxy) is 1. The summed E-state index contributed by atoms with van der Waals surface area (Å²) < 4.78 is 6.96.